The zero-order chi connectivity index (χ0) is 18.1. The highest BCUT2D eigenvalue weighted by Gasteiger charge is 2.26. The molecular weight excluding hydrogens is 339 g/mol. The van der Waals surface area contributed by atoms with Crippen molar-refractivity contribution in [3.05, 3.63) is 42.0 Å². The second-order valence-corrected chi connectivity index (χ2v) is 6.34. The van der Waals surface area contributed by atoms with Crippen LogP contribution in [0, 0.1) is 5.82 Å². The van der Waals surface area contributed by atoms with E-state index in [1.165, 1.54) is 6.07 Å². The van der Waals surface area contributed by atoms with E-state index in [0.29, 0.717) is 49.6 Å². The first kappa shape index (κ1) is 16.5. The van der Waals surface area contributed by atoms with Crippen molar-refractivity contribution in [2.75, 3.05) is 31.1 Å². The first-order valence-corrected chi connectivity index (χ1v) is 8.50. The van der Waals surface area contributed by atoms with Gasteiger partial charge in [-0.25, -0.2) is 9.07 Å². The maximum Gasteiger partial charge on any atom is 0.225 e. The lowest BCUT2D eigenvalue weighted by molar-refractivity contribution is -0.129. The number of piperazine rings is 1. The Hall–Kier alpha value is -2.97. The van der Waals surface area contributed by atoms with Crippen molar-refractivity contribution in [3.63, 3.8) is 0 Å². The molecule has 4 rings (SSSR count). The average molecular weight is 358 g/mol. The van der Waals surface area contributed by atoms with Crippen LogP contribution in [0.1, 0.15) is 25.1 Å². The second-order valence-electron chi connectivity index (χ2n) is 6.34. The van der Waals surface area contributed by atoms with E-state index in [1.54, 1.807) is 35.0 Å². The fourth-order valence-electron chi connectivity index (χ4n) is 3.25. The smallest absolute Gasteiger partial charge is 0.225 e. The molecule has 8 nitrogen and oxygen atoms in total. The summed E-state index contributed by atoms with van der Waals surface area (Å²) < 4.78 is 16.2. The molecule has 1 saturated heterocycles. The summed E-state index contributed by atoms with van der Waals surface area (Å²) in [5.74, 6) is -0.243. The van der Waals surface area contributed by atoms with Crippen molar-refractivity contribution >= 4 is 17.3 Å². The summed E-state index contributed by atoms with van der Waals surface area (Å²) in [4.78, 5) is 20.5. The molecular formula is C17H19FN6O2. The molecule has 0 aliphatic carbocycles. The van der Waals surface area contributed by atoms with Crippen LogP contribution in [0.2, 0.25) is 0 Å². The zero-order valence-corrected chi connectivity index (χ0v) is 14.4. The maximum atomic E-state index is 14.7. The van der Waals surface area contributed by atoms with Gasteiger partial charge < -0.3 is 14.6 Å². The predicted molar refractivity (Wildman–Crippen MR) is 92.2 cm³/mol. The van der Waals surface area contributed by atoms with Crippen molar-refractivity contribution in [3.8, 4) is 0 Å². The summed E-state index contributed by atoms with van der Waals surface area (Å²) in [5, 5.41) is 11.7. The number of halogens is 1. The Bertz CT molecular complexity index is 830. The summed E-state index contributed by atoms with van der Waals surface area (Å²) >= 11 is 0. The van der Waals surface area contributed by atoms with E-state index >= 15 is 0 Å². The van der Waals surface area contributed by atoms with Gasteiger partial charge in [-0.15, -0.1) is 5.10 Å². The molecule has 2 aromatic rings. The van der Waals surface area contributed by atoms with Crippen molar-refractivity contribution in [2.45, 2.75) is 19.6 Å². The van der Waals surface area contributed by atoms with E-state index in [-0.39, 0.29) is 18.0 Å². The summed E-state index contributed by atoms with van der Waals surface area (Å²) in [6.07, 6.45) is 3.42. The van der Waals surface area contributed by atoms with Gasteiger partial charge in [0.25, 0.3) is 0 Å². The fourth-order valence-corrected chi connectivity index (χ4v) is 3.25. The first-order valence-electron chi connectivity index (χ1n) is 8.50. The third-order valence-corrected chi connectivity index (χ3v) is 4.74. The van der Waals surface area contributed by atoms with Gasteiger partial charge in [0.15, 0.2) is 0 Å². The van der Waals surface area contributed by atoms with Gasteiger partial charge in [0.2, 0.25) is 12.1 Å². The van der Waals surface area contributed by atoms with Crippen LogP contribution in [0.3, 0.4) is 0 Å². The van der Waals surface area contributed by atoms with Gasteiger partial charge in [-0.05, 0) is 12.1 Å². The van der Waals surface area contributed by atoms with E-state index in [9.17, 15) is 9.18 Å². The molecule has 26 heavy (non-hydrogen) atoms. The molecule has 0 saturated carbocycles. The van der Waals surface area contributed by atoms with Gasteiger partial charge in [0.1, 0.15) is 5.82 Å². The fraction of sp³-hybridized carbons (Fsp3) is 0.412. The number of hydrogen-bond donors (Lipinski definition) is 0. The molecule has 2 aliphatic rings. The Kier molecular flexibility index (Phi) is 4.27. The average Bonchev–Trinajstić information content (AvgIpc) is 3.33. The Labute approximate surface area is 149 Å². The van der Waals surface area contributed by atoms with Crippen LogP contribution in [-0.2, 0) is 9.63 Å². The van der Waals surface area contributed by atoms with Crippen LogP contribution in [0.25, 0.3) is 0 Å². The number of aromatic nitrogens is 3. The molecule has 0 bridgehead atoms. The number of benzene rings is 1. The van der Waals surface area contributed by atoms with E-state index in [1.807, 2.05) is 11.0 Å². The largest absolute Gasteiger partial charge is 0.368 e. The number of anilines is 1. The molecule has 136 valence electrons. The first-order chi connectivity index (χ1) is 12.6. The third kappa shape index (κ3) is 3.12. The van der Waals surface area contributed by atoms with E-state index in [4.69, 9.17) is 4.84 Å². The van der Waals surface area contributed by atoms with Gasteiger partial charge in [-0.3, -0.25) is 4.79 Å². The Morgan fingerprint density at radius 1 is 1.27 bits per heavy atom. The Balaban J connectivity index is 1.45. The normalized spacial score (nSPS) is 20.1. The molecule has 9 heteroatoms. The number of carbonyl (C=O) groups excluding carboxylic acids is 1. The van der Waals surface area contributed by atoms with E-state index in [0.717, 1.165) is 0 Å². The molecule has 2 aliphatic heterocycles. The van der Waals surface area contributed by atoms with E-state index in [2.05, 4.69) is 15.5 Å². The summed E-state index contributed by atoms with van der Waals surface area (Å²) in [6.45, 7) is 4.01. The number of oxime groups is 1. The minimum Gasteiger partial charge on any atom is -0.368 e. The maximum absolute atomic E-state index is 14.7. The van der Waals surface area contributed by atoms with Gasteiger partial charge in [0.05, 0.1) is 24.0 Å². The lowest BCUT2D eigenvalue weighted by Crippen LogP contribution is -2.48. The molecule has 0 radical (unpaired) electrons. The van der Waals surface area contributed by atoms with Gasteiger partial charge >= 0.3 is 0 Å². The van der Waals surface area contributed by atoms with Crippen LogP contribution < -0.4 is 4.90 Å². The minimum atomic E-state index is -0.352. The summed E-state index contributed by atoms with van der Waals surface area (Å²) in [5.41, 5.74) is 1.91. The van der Waals surface area contributed by atoms with Crippen LogP contribution in [0.15, 0.2) is 35.7 Å². The molecule has 1 aromatic carbocycles. The molecule has 1 atom stereocenters. The number of hydrogen-bond acceptors (Lipinski definition) is 6. The molecule has 0 spiro atoms. The van der Waals surface area contributed by atoms with Crippen molar-refractivity contribution in [1.82, 2.24) is 19.9 Å². The van der Waals surface area contributed by atoms with Gasteiger partial charge in [-0.1, -0.05) is 16.4 Å². The molecule has 1 amide bonds. The lowest BCUT2D eigenvalue weighted by Gasteiger charge is -2.35. The van der Waals surface area contributed by atoms with Crippen molar-refractivity contribution in [2.24, 2.45) is 5.16 Å². The molecule has 3 heterocycles. The van der Waals surface area contributed by atoms with Crippen molar-refractivity contribution in [1.29, 1.82) is 0 Å². The highest BCUT2D eigenvalue weighted by Crippen LogP contribution is 2.27. The Morgan fingerprint density at radius 2 is 2.08 bits per heavy atom. The SMILES string of the molecule is CC(=O)N1CCN(c2ccc(C3=NOC(n4ccnn4)C3)cc2F)CC1. The quantitative estimate of drug-likeness (QED) is 0.829. The van der Waals surface area contributed by atoms with Crippen LogP contribution in [-0.4, -0.2) is 57.7 Å². The lowest BCUT2D eigenvalue weighted by atomic mass is 10.1. The van der Waals surface area contributed by atoms with Crippen molar-refractivity contribution < 1.29 is 14.0 Å². The van der Waals surface area contributed by atoms with Crippen LogP contribution >= 0.6 is 0 Å². The minimum absolute atomic E-state index is 0.0571. The highest BCUT2D eigenvalue weighted by atomic mass is 19.1. The number of nitrogens with zero attached hydrogens (tertiary/aromatic N) is 6. The van der Waals surface area contributed by atoms with Gasteiger partial charge in [0, 0.05) is 44.9 Å². The zero-order valence-electron chi connectivity index (χ0n) is 14.4. The topological polar surface area (TPSA) is 75.8 Å². The van der Waals surface area contributed by atoms with Crippen LogP contribution in [0.5, 0.6) is 0 Å². The van der Waals surface area contributed by atoms with E-state index < -0.39 is 0 Å². The second kappa shape index (κ2) is 6.74. The molecule has 1 fully saturated rings. The number of carbonyl (C=O) groups is 1. The molecule has 1 unspecified atom stereocenters. The monoisotopic (exact) mass is 358 g/mol. The molecule has 1 aromatic heterocycles. The predicted octanol–water partition coefficient (Wildman–Crippen LogP) is 1.41. The van der Waals surface area contributed by atoms with Gasteiger partial charge in [-0.2, -0.15) is 0 Å². The highest BCUT2D eigenvalue weighted by molar-refractivity contribution is 6.01. The third-order valence-electron chi connectivity index (χ3n) is 4.74. The molecule has 0 N–H and O–H groups in total. The summed E-state index contributed by atoms with van der Waals surface area (Å²) in [6, 6.07) is 5.10. The Morgan fingerprint density at radius 3 is 2.73 bits per heavy atom. The van der Waals surface area contributed by atoms with Crippen LogP contribution in [0.4, 0.5) is 10.1 Å². The number of amides is 1. The number of rotatable bonds is 3. The summed E-state index contributed by atoms with van der Waals surface area (Å²) in [7, 11) is 0. The standard InChI is InChI=1S/C17H19FN6O2/c1-12(25)22-6-8-23(9-7-22)16-3-2-13(10-14(16)18)15-11-17(26-20-15)24-5-4-19-21-24/h2-5,10,17H,6-9,11H2,1H3.